The van der Waals surface area contributed by atoms with Crippen LogP contribution in [0.25, 0.3) is 11.2 Å². The molecule has 64 valence electrons. The molecule has 0 bridgehead atoms. The van der Waals surface area contributed by atoms with E-state index in [1.54, 1.807) is 0 Å². The summed E-state index contributed by atoms with van der Waals surface area (Å²) in [6.07, 6.45) is 1.34. The Morgan fingerprint density at radius 2 is 2.00 bits per heavy atom. The Kier molecular flexibility index (Phi) is 1.80. The first-order valence-electron chi connectivity index (χ1n) is 2.93. The van der Waals surface area contributed by atoms with Crippen molar-refractivity contribution in [3.8, 4) is 0 Å². The van der Waals surface area contributed by atoms with Crippen LogP contribution in [-0.2, 0) is 0 Å². The molecule has 0 aromatic carbocycles. The van der Waals surface area contributed by atoms with Gasteiger partial charge in [0.1, 0.15) is 5.52 Å². The third-order valence-electron chi connectivity index (χ3n) is 1.33. The second-order valence-electron chi connectivity index (χ2n) is 2.03. The van der Waals surface area contributed by atoms with Crippen molar-refractivity contribution in [1.82, 2.24) is 26.1 Å². The van der Waals surface area contributed by atoms with Gasteiger partial charge in [-0.25, -0.2) is 9.78 Å². The predicted molar refractivity (Wildman–Crippen MR) is 42.4 cm³/mol. The van der Waals surface area contributed by atoms with Gasteiger partial charge in [0.2, 0.25) is 0 Å². The lowest BCUT2D eigenvalue weighted by Gasteiger charge is -1.83. The molecule has 2 rings (SSSR count). The fourth-order valence-electron chi connectivity index (χ4n) is 0.867. The highest BCUT2D eigenvalue weighted by molar-refractivity contribution is 5.67. The van der Waals surface area contributed by atoms with Crippen LogP contribution in [0.3, 0.4) is 0 Å². The molecular formula is C5H7N5O2. The molecule has 2 aromatic rings. The number of imidazole rings is 1. The zero-order valence-corrected chi connectivity index (χ0v) is 6.05. The Morgan fingerprint density at radius 3 is 2.75 bits per heavy atom. The summed E-state index contributed by atoms with van der Waals surface area (Å²) in [5.41, 5.74) is -0.445. The van der Waals surface area contributed by atoms with Gasteiger partial charge < -0.3 is 11.1 Å². The molecule has 12 heavy (non-hydrogen) atoms. The number of hydrogen-bond donors (Lipinski definition) is 4. The molecule has 0 amide bonds. The summed E-state index contributed by atoms with van der Waals surface area (Å²) in [6.45, 7) is 0. The lowest BCUT2D eigenvalue weighted by molar-refractivity contribution is 1.07. The summed E-state index contributed by atoms with van der Waals surface area (Å²) in [6, 6.07) is 0. The SMILES string of the molecule is N.O=c1[nH]c(=O)c2[nH]cnc2[nH]1. The molecule has 0 aliphatic rings. The normalized spacial score (nSPS) is 9.67. The van der Waals surface area contributed by atoms with Gasteiger partial charge in [-0.1, -0.05) is 0 Å². The van der Waals surface area contributed by atoms with E-state index in [-0.39, 0.29) is 17.3 Å². The van der Waals surface area contributed by atoms with Crippen LogP contribution in [-0.4, -0.2) is 19.9 Å². The van der Waals surface area contributed by atoms with Crippen LogP contribution in [0.15, 0.2) is 15.9 Å². The van der Waals surface area contributed by atoms with Crippen LogP contribution in [0.4, 0.5) is 0 Å². The average Bonchev–Trinajstić information content (AvgIpc) is 2.34. The van der Waals surface area contributed by atoms with E-state index < -0.39 is 11.2 Å². The van der Waals surface area contributed by atoms with Crippen LogP contribution < -0.4 is 17.4 Å². The standard InChI is InChI=1S/C5H4N4O2.H3N/c10-4-2-3(7-1-6-2)8-5(11)9-4;/h1H,(H3,6,7,8,9,10,11);1H3. The second-order valence-corrected chi connectivity index (χ2v) is 2.03. The zero-order chi connectivity index (χ0) is 7.84. The van der Waals surface area contributed by atoms with Crippen LogP contribution in [0.1, 0.15) is 0 Å². The highest BCUT2D eigenvalue weighted by Gasteiger charge is 1.99. The van der Waals surface area contributed by atoms with Gasteiger partial charge in [0.05, 0.1) is 6.33 Å². The van der Waals surface area contributed by atoms with E-state index >= 15 is 0 Å². The number of rotatable bonds is 0. The van der Waals surface area contributed by atoms with Crippen molar-refractivity contribution in [2.45, 2.75) is 0 Å². The smallest absolute Gasteiger partial charge is 0.327 e. The molecule has 7 heteroatoms. The molecule has 0 atom stereocenters. The van der Waals surface area contributed by atoms with Gasteiger partial charge >= 0.3 is 5.69 Å². The molecular weight excluding hydrogens is 162 g/mol. The van der Waals surface area contributed by atoms with Crippen molar-refractivity contribution in [3.63, 3.8) is 0 Å². The van der Waals surface area contributed by atoms with Gasteiger partial charge in [-0.05, 0) is 0 Å². The van der Waals surface area contributed by atoms with Gasteiger partial charge in [0.25, 0.3) is 5.56 Å². The lowest BCUT2D eigenvalue weighted by atomic mass is 10.5. The first-order valence-corrected chi connectivity index (χ1v) is 2.93. The van der Waals surface area contributed by atoms with E-state index in [1.165, 1.54) is 6.33 Å². The number of nitrogens with one attached hydrogen (secondary N) is 3. The van der Waals surface area contributed by atoms with E-state index in [0.717, 1.165) is 0 Å². The monoisotopic (exact) mass is 169 g/mol. The molecule has 0 aliphatic carbocycles. The number of H-pyrrole nitrogens is 3. The molecule has 0 saturated carbocycles. The Labute approximate surface area is 65.4 Å². The van der Waals surface area contributed by atoms with Crippen molar-refractivity contribution in [3.05, 3.63) is 27.2 Å². The van der Waals surface area contributed by atoms with E-state index in [1.807, 2.05) is 0 Å². The first-order chi connectivity index (χ1) is 5.27. The maximum atomic E-state index is 10.9. The highest BCUT2D eigenvalue weighted by Crippen LogP contribution is 1.92. The second kappa shape index (κ2) is 2.62. The summed E-state index contributed by atoms with van der Waals surface area (Å²) >= 11 is 0. The lowest BCUT2D eigenvalue weighted by Crippen LogP contribution is -2.21. The quantitative estimate of drug-likeness (QED) is 0.407. The maximum absolute atomic E-state index is 10.9. The topological polar surface area (TPSA) is 129 Å². The highest BCUT2D eigenvalue weighted by atomic mass is 16.2. The van der Waals surface area contributed by atoms with Gasteiger partial charge in [0, 0.05) is 0 Å². The zero-order valence-electron chi connectivity index (χ0n) is 6.05. The average molecular weight is 169 g/mol. The number of aromatic nitrogens is 4. The van der Waals surface area contributed by atoms with Gasteiger partial charge in [-0.2, -0.15) is 0 Å². The van der Waals surface area contributed by atoms with E-state index in [9.17, 15) is 9.59 Å². The van der Waals surface area contributed by atoms with Gasteiger partial charge in [0.15, 0.2) is 5.65 Å². The van der Waals surface area contributed by atoms with Gasteiger partial charge in [-0.15, -0.1) is 0 Å². The number of aromatic amines is 3. The minimum Gasteiger partial charge on any atom is -0.344 e. The van der Waals surface area contributed by atoms with Crippen molar-refractivity contribution < 1.29 is 0 Å². The van der Waals surface area contributed by atoms with Crippen molar-refractivity contribution in [2.24, 2.45) is 0 Å². The van der Waals surface area contributed by atoms with Gasteiger partial charge in [-0.3, -0.25) is 14.8 Å². The molecule has 7 nitrogen and oxygen atoms in total. The van der Waals surface area contributed by atoms with Crippen LogP contribution in [0.2, 0.25) is 0 Å². The van der Waals surface area contributed by atoms with Crippen molar-refractivity contribution in [1.29, 1.82) is 0 Å². The summed E-state index contributed by atoms with van der Waals surface area (Å²) in [5, 5.41) is 0. The number of nitrogens with zero attached hydrogens (tertiary/aromatic N) is 1. The van der Waals surface area contributed by atoms with Crippen molar-refractivity contribution >= 4 is 11.2 Å². The number of fused-ring (bicyclic) bond motifs is 1. The maximum Gasteiger partial charge on any atom is 0.327 e. The fraction of sp³-hybridized carbons (Fsp3) is 0. The van der Waals surface area contributed by atoms with Crippen LogP contribution in [0.5, 0.6) is 0 Å². The predicted octanol–water partition coefficient (Wildman–Crippen LogP) is -0.899. The first kappa shape index (κ1) is 8.21. The Bertz CT molecular complexity index is 492. The van der Waals surface area contributed by atoms with Crippen molar-refractivity contribution in [2.75, 3.05) is 0 Å². The van der Waals surface area contributed by atoms with E-state index in [0.29, 0.717) is 0 Å². The fourth-order valence-corrected chi connectivity index (χ4v) is 0.867. The van der Waals surface area contributed by atoms with E-state index in [4.69, 9.17) is 0 Å². The third kappa shape index (κ3) is 1.01. The summed E-state index contributed by atoms with van der Waals surface area (Å²) in [5.74, 6) is 0. The molecule has 2 heterocycles. The minimum atomic E-state index is -0.547. The summed E-state index contributed by atoms with van der Waals surface area (Å²) in [7, 11) is 0. The Hall–Kier alpha value is -1.89. The molecule has 0 saturated heterocycles. The minimum absolute atomic E-state index is 0. The largest absolute Gasteiger partial charge is 0.344 e. The molecule has 6 N–H and O–H groups in total. The number of hydrogen-bond acceptors (Lipinski definition) is 4. The van der Waals surface area contributed by atoms with Crippen LogP contribution >= 0.6 is 0 Å². The van der Waals surface area contributed by atoms with E-state index in [2.05, 4.69) is 19.9 Å². The summed E-state index contributed by atoms with van der Waals surface area (Å²) < 4.78 is 0. The molecule has 0 aliphatic heterocycles. The molecule has 0 fully saturated rings. The molecule has 0 spiro atoms. The van der Waals surface area contributed by atoms with Crippen LogP contribution in [0, 0.1) is 0 Å². The Morgan fingerprint density at radius 1 is 1.25 bits per heavy atom. The molecule has 0 unspecified atom stereocenters. The molecule has 0 radical (unpaired) electrons. The molecule has 2 aromatic heterocycles. The Balaban J connectivity index is 0.000000720. The third-order valence-corrected chi connectivity index (χ3v) is 1.33. The summed E-state index contributed by atoms with van der Waals surface area (Å²) in [4.78, 5) is 32.3.